The lowest BCUT2D eigenvalue weighted by Gasteiger charge is -2.22. The van der Waals surface area contributed by atoms with Crippen LogP contribution in [0.25, 0.3) is 5.70 Å². The SMILES string of the molecule is S=C(C=C1NCCc2cc3c(cc21)OCO3)Nc1ccccc1. The highest BCUT2D eigenvalue weighted by molar-refractivity contribution is 7.81. The van der Waals surface area contributed by atoms with Crippen molar-refractivity contribution in [2.24, 2.45) is 0 Å². The van der Waals surface area contributed by atoms with Crippen LogP contribution in [0.15, 0.2) is 48.5 Å². The number of hydrogen-bond acceptors (Lipinski definition) is 4. The summed E-state index contributed by atoms with van der Waals surface area (Å²) in [5.74, 6) is 1.62. The van der Waals surface area contributed by atoms with Crippen LogP contribution in [0.3, 0.4) is 0 Å². The molecule has 2 aliphatic heterocycles. The van der Waals surface area contributed by atoms with Crippen molar-refractivity contribution in [3.63, 3.8) is 0 Å². The molecule has 2 aromatic rings. The first-order valence-corrected chi connectivity index (χ1v) is 7.95. The smallest absolute Gasteiger partial charge is 0.231 e. The summed E-state index contributed by atoms with van der Waals surface area (Å²) >= 11 is 5.46. The molecule has 0 amide bonds. The van der Waals surface area contributed by atoms with Gasteiger partial charge in [0.15, 0.2) is 11.5 Å². The van der Waals surface area contributed by atoms with Gasteiger partial charge in [0, 0.05) is 23.5 Å². The van der Waals surface area contributed by atoms with Crippen LogP contribution in [0.5, 0.6) is 11.5 Å². The summed E-state index contributed by atoms with van der Waals surface area (Å²) in [5, 5.41) is 6.65. The van der Waals surface area contributed by atoms with Gasteiger partial charge in [0.1, 0.15) is 4.99 Å². The molecule has 0 atom stereocenters. The van der Waals surface area contributed by atoms with Gasteiger partial charge in [0.05, 0.1) is 0 Å². The van der Waals surface area contributed by atoms with Gasteiger partial charge in [0.25, 0.3) is 0 Å². The predicted octanol–water partition coefficient (Wildman–Crippen LogP) is 3.34. The van der Waals surface area contributed by atoms with Crippen molar-refractivity contribution in [2.75, 3.05) is 18.7 Å². The van der Waals surface area contributed by atoms with Gasteiger partial charge in [-0.15, -0.1) is 0 Å². The van der Waals surface area contributed by atoms with Crippen LogP contribution in [-0.2, 0) is 6.42 Å². The highest BCUT2D eigenvalue weighted by Gasteiger charge is 2.21. The lowest BCUT2D eigenvalue weighted by Crippen LogP contribution is -2.24. The Labute approximate surface area is 140 Å². The molecule has 5 heteroatoms. The van der Waals surface area contributed by atoms with E-state index < -0.39 is 0 Å². The summed E-state index contributed by atoms with van der Waals surface area (Å²) in [4.78, 5) is 0.671. The number of ether oxygens (including phenoxy) is 2. The lowest BCUT2D eigenvalue weighted by molar-refractivity contribution is 0.174. The van der Waals surface area contributed by atoms with Crippen molar-refractivity contribution >= 4 is 28.6 Å². The number of rotatable bonds is 2. The molecule has 0 aromatic heterocycles. The molecule has 0 bridgehead atoms. The molecule has 2 aliphatic rings. The second-order valence-electron chi connectivity index (χ2n) is 5.45. The molecule has 2 aromatic carbocycles. The average molecular weight is 324 g/mol. The van der Waals surface area contributed by atoms with E-state index in [-0.39, 0.29) is 0 Å². The van der Waals surface area contributed by atoms with Crippen LogP contribution in [0, 0.1) is 0 Å². The fourth-order valence-corrected chi connectivity index (χ4v) is 3.06. The molecular weight excluding hydrogens is 308 g/mol. The summed E-state index contributed by atoms with van der Waals surface area (Å²) in [6, 6.07) is 14.0. The molecule has 0 fully saturated rings. The van der Waals surface area contributed by atoms with E-state index >= 15 is 0 Å². The molecule has 23 heavy (non-hydrogen) atoms. The van der Waals surface area contributed by atoms with Gasteiger partial charge >= 0.3 is 0 Å². The Bertz CT molecular complexity index is 787. The van der Waals surface area contributed by atoms with E-state index in [0.717, 1.165) is 41.4 Å². The Kier molecular flexibility index (Phi) is 3.63. The van der Waals surface area contributed by atoms with Crippen LogP contribution in [0.4, 0.5) is 5.69 Å². The molecular formula is C18H16N2O2S. The van der Waals surface area contributed by atoms with E-state index in [2.05, 4.69) is 16.7 Å². The van der Waals surface area contributed by atoms with Crippen molar-refractivity contribution in [2.45, 2.75) is 6.42 Å². The molecule has 0 unspecified atom stereocenters. The maximum atomic E-state index is 5.49. The summed E-state index contributed by atoms with van der Waals surface area (Å²) in [7, 11) is 0. The molecule has 2 heterocycles. The third-order valence-electron chi connectivity index (χ3n) is 3.92. The number of nitrogens with one attached hydrogen (secondary N) is 2. The zero-order valence-electron chi connectivity index (χ0n) is 12.5. The van der Waals surface area contributed by atoms with E-state index in [1.165, 1.54) is 5.56 Å². The third kappa shape index (κ3) is 2.87. The molecule has 4 rings (SSSR count). The number of para-hydroxylation sites is 1. The maximum Gasteiger partial charge on any atom is 0.231 e. The molecule has 2 N–H and O–H groups in total. The summed E-state index contributed by atoms with van der Waals surface area (Å²) < 4.78 is 10.9. The van der Waals surface area contributed by atoms with Gasteiger partial charge < -0.3 is 20.1 Å². The number of fused-ring (bicyclic) bond motifs is 2. The van der Waals surface area contributed by atoms with E-state index in [9.17, 15) is 0 Å². The van der Waals surface area contributed by atoms with E-state index in [1.54, 1.807) is 0 Å². The molecule has 4 nitrogen and oxygen atoms in total. The van der Waals surface area contributed by atoms with Crippen LogP contribution < -0.4 is 20.1 Å². The van der Waals surface area contributed by atoms with Gasteiger partial charge in [0.2, 0.25) is 6.79 Å². The Morgan fingerprint density at radius 2 is 1.91 bits per heavy atom. The average Bonchev–Trinajstić information content (AvgIpc) is 3.01. The quantitative estimate of drug-likeness (QED) is 0.655. The normalized spacial score (nSPS) is 16.6. The van der Waals surface area contributed by atoms with Gasteiger partial charge in [-0.3, -0.25) is 0 Å². The Morgan fingerprint density at radius 3 is 2.74 bits per heavy atom. The first kappa shape index (κ1) is 14.1. The minimum Gasteiger partial charge on any atom is -0.454 e. The van der Waals surface area contributed by atoms with Gasteiger partial charge in [-0.1, -0.05) is 30.4 Å². The standard InChI is InChI=1S/C18H16N2O2S/c23-18(20-13-4-2-1-3-5-13)10-15-14-9-17-16(21-11-22-17)8-12(14)6-7-19-15/h1-5,8-10,19H,6-7,11H2,(H,20,23). The van der Waals surface area contributed by atoms with Gasteiger partial charge in [-0.25, -0.2) is 0 Å². The second-order valence-corrected chi connectivity index (χ2v) is 5.89. The molecule has 0 aliphatic carbocycles. The van der Waals surface area contributed by atoms with Gasteiger partial charge in [-0.05, 0) is 42.3 Å². The zero-order valence-corrected chi connectivity index (χ0v) is 13.3. The highest BCUT2D eigenvalue weighted by Crippen LogP contribution is 2.37. The maximum absolute atomic E-state index is 5.49. The van der Waals surface area contributed by atoms with Gasteiger partial charge in [-0.2, -0.15) is 0 Å². The minimum absolute atomic E-state index is 0.290. The minimum atomic E-state index is 0.290. The summed E-state index contributed by atoms with van der Waals surface area (Å²) in [6.45, 7) is 1.17. The van der Waals surface area contributed by atoms with Crippen molar-refractivity contribution in [1.82, 2.24) is 5.32 Å². The van der Waals surface area contributed by atoms with Crippen molar-refractivity contribution < 1.29 is 9.47 Å². The number of anilines is 1. The van der Waals surface area contributed by atoms with Crippen molar-refractivity contribution in [3.05, 3.63) is 59.7 Å². The molecule has 0 spiro atoms. The van der Waals surface area contributed by atoms with Crippen LogP contribution in [0.2, 0.25) is 0 Å². The summed E-state index contributed by atoms with van der Waals surface area (Å²) in [5.41, 5.74) is 4.37. The Hall–Kier alpha value is -2.53. The fraction of sp³-hybridized carbons (Fsp3) is 0.167. The first-order valence-electron chi connectivity index (χ1n) is 7.54. The predicted molar refractivity (Wildman–Crippen MR) is 94.9 cm³/mol. The Balaban J connectivity index is 1.62. The fourth-order valence-electron chi connectivity index (χ4n) is 2.83. The van der Waals surface area contributed by atoms with E-state index in [0.29, 0.717) is 11.8 Å². The number of benzene rings is 2. The van der Waals surface area contributed by atoms with Crippen LogP contribution in [0.1, 0.15) is 11.1 Å². The molecule has 116 valence electrons. The zero-order chi connectivity index (χ0) is 15.6. The molecule has 0 radical (unpaired) electrons. The first-order chi connectivity index (χ1) is 11.3. The van der Waals surface area contributed by atoms with Crippen LogP contribution >= 0.6 is 12.2 Å². The Morgan fingerprint density at radius 1 is 1.13 bits per heavy atom. The lowest BCUT2D eigenvalue weighted by atomic mass is 9.97. The highest BCUT2D eigenvalue weighted by atomic mass is 32.1. The number of hydrogen-bond donors (Lipinski definition) is 2. The topological polar surface area (TPSA) is 42.5 Å². The van der Waals surface area contributed by atoms with E-state index in [1.807, 2.05) is 42.5 Å². The molecule has 0 saturated heterocycles. The van der Waals surface area contributed by atoms with E-state index in [4.69, 9.17) is 21.7 Å². The largest absolute Gasteiger partial charge is 0.454 e. The monoisotopic (exact) mass is 324 g/mol. The molecule has 0 saturated carbocycles. The third-order valence-corrected chi connectivity index (χ3v) is 4.14. The second kappa shape index (κ2) is 5.93. The van der Waals surface area contributed by atoms with Crippen LogP contribution in [-0.4, -0.2) is 18.3 Å². The van der Waals surface area contributed by atoms with Crippen molar-refractivity contribution in [3.8, 4) is 11.5 Å². The number of thiocarbonyl (C=S) groups is 1. The van der Waals surface area contributed by atoms with Crippen molar-refractivity contribution in [1.29, 1.82) is 0 Å². The summed E-state index contributed by atoms with van der Waals surface area (Å²) in [6.07, 6.45) is 2.92.